The number of aromatic nitrogens is 3. The fourth-order valence-corrected chi connectivity index (χ4v) is 5.67. The number of amides is 1. The number of β-lactam (4-membered cyclic amide) rings is 1. The van der Waals surface area contributed by atoms with Crippen molar-refractivity contribution in [2.24, 2.45) is 0 Å². The maximum absolute atomic E-state index is 13.3. The van der Waals surface area contributed by atoms with Gasteiger partial charge in [-0.25, -0.2) is 4.68 Å². The van der Waals surface area contributed by atoms with Crippen LogP contribution < -0.4 is 15.0 Å². The van der Waals surface area contributed by atoms with Crippen LogP contribution in [0.3, 0.4) is 0 Å². The van der Waals surface area contributed by atoms with Crippen LogP contribution in [-0.4, -0.2) is 45.4 Å². The van der Waals surface area contributed by atoms with Gasteiger partial charge >= 0.3 is 17.1 Å². The van der Waals surface area contributed by atoms with E-state index in [9.17, 15) is 9.59 Å². The number of rotatable bonds is 13. The standard InChI is InChI=1S/C37H35N5O3.C5H6.Fe/c1-27-11-17-32(18-12-27)42-34(21-13-28-7-3-2-4-8-28)36(37(42)44)38-25-31-26-41(40-39-31)23-24-45-33-19-15-30(16-20-33)35(43)22-14-29-9-5-6-10-29;1-2-4-5-3-1;/h2-5,7-22,26,34,36,38H,6,23-25H2,1H3;1-4H,5H2;/q;;+2/b21-13+,22-14+;;/t34-,36+;;/m1../s1. The van der Waals surface area contributed by atoms with Crippen molar-refractivity contribution in [3.8, 4) is 5.75 Å². The van der Waals surface area contributed by atoms with Gasteiger partial charge in [-0.05, 0) is 73.4 Å². The van der Waals surface area contributed by atoms with Gasteiger partial charge in [0.2, 0.25) is 5.91 Å². The molecule has 0 unspecified atom stereocenters. The predicted octanol–water partition coefficient (Wildman–Crippen LogP) is 7.38. The molecule has 51 heavy (non-hydrogen) atoms. The van der Waals surface area contributed by atoms with Crippen molar-refractivity contribution in [2.45, 2.75) is 44.9 Å². The number of hydrogen-bond donors (Lipinski definition) is 1. The molecule has 258 valence electrons. The molecule has 1 N–H and O–H groups in total. The van der Waals surface area contributed by atoms with Crippen LogP contribution in [0.5, 0.6) is 5.75 Å². The van der Waals surface area contributed by atoms with Crippen LogP contribution in [0.1, 0.15) is 40.0 Å². The predicted molar refractivity (Wildman–Crippen MR) is 199 cm³/mol. The number of nitrogens with zero attached hydrogens (tertiary/aromatic N) is 4. The summed E-state index contributed by atoms with van der Waals surface area (Å²) in [7, 11) is 0. The number of anilines is 1. The first-order valence-electron chi connectivity index (χ1n) is 16.9. The van der Waals surface area contributed by atoms with E-state index in [1.54, 1.807) is 35.0 Å². The van der Waals surface area contributed by atoms with Crippen LogP contribution in [0.2, 0.25) is 0 Å². The van der Waals surface area contributed by atoms with Crippen molar-refractivity contribution in [1.82, 2.24) is 20.3 Å². The van der Waals surface area contributed by atoms with E-state index in [1.807, 2.05) is 84.8 Å². The van der Waals surface area contributed by atoms with E-state index in [2.05, 4.69) is 64.2 Å². The summed E-state index contributed by atoms with van der Waals surface area (Å²) in [5, 5.41) is 11.9. The second-order valence-electron chi connectivity index (χ2n) is 12.1. The van der Waals surface area contributed by atoms with E-state index in [0.717, 1.165) is 40.9 Å². The Labute approximate surface area is 310 Å². The average molecular weight is 720 g/mol. The van der Waals surface area contributed by atoms with E-state index in [0.29, 0.717) is 31.0 Å². The smallest absolute Gasteiger partial charge is 0.492 e. The summed E-state index contributed by atoms with van der Waals surface area (Å²) in [6.45, 7) is 3.34. The third-order valence-electron chi connectivity index (χ3n) is 8.44. The number of ether oxygens (including phenoxy) is 1. The molecule has 8 nitrogen and oxygen atoms in total. The number of nitrogens with one attached hydrogen (secondary N) is 1. The molecule has 9 heteroatoms. The van der Waals surface area contributed by atoms with Crippen LogP contribution in [0.15, 0.2) is 151 Å². The Bertz CT molecular complexity index is 1930. The molecule has 1 aromatic heterocycles. The summed E-state index contributed by atoms with van der Waals surface area (Å²) in [4.78, 5) is 27.5. The SMILES string of the molecule is C1=CCC=C1.Cc1ccc(N2C(=O)[C@@H](NCc3cn(CCOc4ccc(C(=O)/C=C/C5=CCC=C5)cc4)nn3)[C@H]2/C=C/c2ccccc2)cc1.[Fe+2]. The molecule has 1 aliphatic heterocycles. The molecule has 0 bridgehead atoms. The first-order valence-corrected chi connectivity index (χ1v) is 16.9. The first kappa shape index (κ1) is 36.9. The first-order chi connectivity index (χ1) is 24.5. The Morgan fingerprint density at radius 3 is 2.39 bits per heavy atom. The molecule has 2 atom stereocenters. The zero-order valence-electron chi connectivity index (χ0n) is 28.5. The summed E-state index contributed by atoms with van der Waals surface area (Å²) >= 11 is 0. The Hall–Kier alpha value is -5.34. The number of hydrogen-bond acceptors (Lipinski definition) is 6. The minimum absolute atomic E-state index is 0. The van der Waals surface area contributed by atoms with Crippen molar-refractivity contribution in [2.75, 3.05) is 11.5 Å². The molecule has 1 saturated heterocycles. The van der Waals surface area contributed by atoms with Gasteiger partial charge < -0.3 is 9.64 Å². The van der Waals surface area contributed by atoms with Gasteiger partial charge in [-0.1, -0.05) is 114 Å². The molecule has 0 radical (unpaired) electrons. The number of allylic oxidation sites excluding steroid dienone is 10. The van der Waals surface area contributed by atoms with Crippen molar-refractivity contribution in [1.29, 1.82) is 0 Å². The van der Waals surface area contributed by atoms with Crippen LogP contribution in [0, 0.1) is 6.92 Å². The molecule has 3 aliphatic rings. The van der Waals surface area contributed by atoms with Crippen LogP contribution in [0.25, 0.3) is 6.08 Å². The number of carbonyl (C=O) groups is 2. The van der Waals surface area contributed by atoms with E-state index in [1.165, 1.54) is 0 Å². The molecule has 7 rings (SSSR count). The summed E-state index contributed by atoms with van der Waals surface area (Å²) in [5.41, 5.74) is 5.51. The minimum atomic E-state index is -0.373. The summed E-state index contributed by atoms with van der Waals surface area (Å²) in [6, 6.07) is 24.7. The topological polar surface area (TPSA) is 89.4 Å². The summed E-state index contributed by atoms with van der Waals surface area (Å²) in [6.07, 6.45) is 26.0. The molecule has 1 amide bonds. The van der Waals surface area contributed by atoms with Crippen LogP contribution in [-0.2, 0) is 35.0 Å². The molecule has 2 aliphatic carbocycles. The fourth-order valence-electron chi connectivity index (χ4n) is 5.67. The zero-order valence-corrected chi connectivity index (χ0v) is 29.6. The van der Waals surface area contributed by atoms with Gasteiger partial charge in [-0.2, -0.15) is 0 Å². The van der Waals surface area contributed by atoms with Crippen molar-refractivity contribution in [3.63, 3.8) is 0 Å². The van der Waals surface area contributed by atoms with E-state index < -0.39 is 0 Å². The number of ketones is 1. The third-order valence-corrected chi connectivity index (χ3v) is 8.44. The Kier molecular flexibility index (Phi) is 13.5. The molecule has 2 heterocycles. The van der Waals surface area contributed by atoms with Gasteiger partial charge in [0.1, 0.15) is 18.4 Å². The second-order valence-corrected chi connectivity index (χ2v) is 12.1. The summed E-state index contributed by atoms with van der Waals surface area (Å²) < 4.78 is 7.59. The molecule has 0 spiro atoms. The number of benzene rings is 3. The average Bonchev–Trinajstić information content (AvgIpc) is 3.97. The van der Waals surface area contributed by atoms with Gasteiger partial charge in [0.25, 0.3) is 0 Å². The van der Waals surface area contributed by atoms with E-state index in [4.69, 9.17) is 4.74 Å². The summed E-state index contributed by atoms with van der Waals surface area (Å²) in [5.74, 6) is 0.654. The largest absolute Gasteiger partial charge is 2.00 e. The molecular formula is C42H41FeN5O3+2. The van der Waals surface area contributed by atoms with Crippen molar-refractivity contribution < 1.29 is 31.4 Å². The van der Waals surface area contributed by atoms with Crippen molar-refractivity contribution >= 4 is 23.5 Å². The van der Waals surface area contributed by atoms with Gasteiger partial charge in [-0.15, -0.1) is 5.10 Å². The van der Waals surface area contributed by atoms with Crippen LogP contribution >= 0.6 is 0 Å². The maximum Gasteiger partial charge on any atom is 2.00 e. The van der Waals surface area contributed by atoms with Crippen molar-refractivity contribution in [3.05, 3.63) is 174 Å². The number of carbonyl (C=O) groups excluding carboxylic acids is 2. The van der Waals surface area contributed by atoms with Crippen LogP contribution in [0.4, 0.5) is 5.69 Å². The fraction of sp³-hybridized carbons (Fsp3) is 0.190. The van der Waals surface area contributed by atoms with Gasteiger partial charge in [-0.3, -0.25) is 14.9 Å². The second kappa shape index (κ2) is 18.6. The third kappa shape index (κ3) is 10.3. The maximum atomic E-state index is 13.3. The van der Waals surface area contributed by atoms with Gasteiger partial charge in [0.15, 0.2) is 5.78 Å². The van der Waals surface area contributed by atoms with E-state index >= 15 is 0 Å². The molecule has 3 aromatic carbocycles. The van der Waals surface area contributed by atoms with Gasteiger partial charge in [0, 0.05) is 24.0 Å². The molecule has 1 fully saturated rings. The van der Waals surface area contributed by atoms with Gasteiger partial charge in [0.05, 0.1) is 18.3 Å². The Morgan fingerprint density at radius 2 is 1.71 bits per heavy atom. The Balaban J connectivity index is 0.000000774. The van der Waals surface area contributed by atoms with E-state index in [-0.39, 0.29) is 40.8 Å². The quantitative estimate of drug-likeness (QED) is 0.0672. The Morgan fingerprint density at radius 1 is 0.941 bits per heavy atom. The minimum Gasteiger partial charge on any atom is -0.492 e. The monoisotopic (exact) mass is 719 g/mol. The molecule has 4 aromatic rings. The normalized spacial score (nSPS) is 17.3. The molecule has 0 saturated carbocycles. The molecular weight excluding hydrogens is 678 g/mol. The number of aryl methyl sites for hydroxylation is 1. The zero-order chi connectivity index (χ0) is 34.5.